The van der Waals surface area contributed by atoms with E-state index in [1.807, 2.05) is 6.08 Å². The second-order valence-corrected chi connectivity index (χ2v) is 14.9. The first-order valence-corrected chi connectivity index (χ1v) is 14.9. The van der Waals surface area contributed by atoms with Crippen LogP contribution in [0.1, 0.15) is 85.5 Å². The van der Waals surface area contributed by atoms with E-state index in [1.54, 1.807) is 6.08 Å². The number of unbranched alkanes of at least 4 members (excludes halogenated alkanes) is 4. The minimum atomic E-state index is -1.83. The van der Waals surface area contributed by atoms with E-state index >= 15 is 0 Å². The Bertz CT molecular complexity index is 596. The average Bonchev–Trinajstić information content (AvgIpc) is 3.01. The molecule has 172 valence electrons. The lowest BCUT2D eigenvalue weighted by atomic mass is 9.95. The molecule has 30 heavy (non-hydrogen) atoms. The molecule has 0 aliphatic heterocycles. The van der Waals surface area contributed by atoms with Gasteiger partial charge in [-0.25, -0.2) is 0 Å². The molecule has 0 saturated carbocycles. The molecule has 0 aromatic heterocycles. The van der Waals surface area contributed by atoms with Gasteiger partial charge in [0.05, 0.1) is 0 Å². The number of carbonyl (C=O) groups is 1. The Hall–Kier alpha value is -0.973. The summed E-state index contributed by atoms with van der Waals surface area (Å²) >= 11 is 0. The number of aliphatic hydroxyl groups is 1. The molecule has 0 aromatic rings. The van der Waals surface area contributed by atoms with Gasteiger partial charge in [-0.15, -0.1) is 0 Å². The van der Waals surface area contributed by atoms with Gasteiger partial charge >= 0.3 is 0 Å². The maximum absolute atomic E-state index is 12.4. The van der Waals surface area contributed by atoms with Crippen LogP contribution in [0.4, 0.5) is 0 Å². The van der Waals surface area contributed by atoms with Gasteiger partial charge in [-0.05, 0) is 62.7 Å². The molecular weight excluding hydrogens is 388 g/mol. The number of hydrogen-bond donors (Lipinski definition) is 1. The lowest BCUT2D eigenvalue weighted by molar-refractivity contribution is -0.111. The van der Waals surface area contributed by atoms with Crippen molar-refractivity contribution < 1.29 is 14.3 Å². The summed E-state index contributed by atoms with van der Waals surface area (Å²) in [5, 5.41) is 9.05. The Morgan fingerprint density at radius 3 is 2.53 bits per heavy atom. The van der Waals surface area contributed by atoms with E-state index in [-0.39, 0.29) is 29.5 Å². The molecule has 1 aliphatic carbocycles. The fraction of sp³-hybridized carbons (Fsp3) is 0.731. The molecule has 3 nitrogen and oxygen atoms in total. The maximum atomic E-state index is 12.4. The van der Waals surface area contributed by atoms with Crippen LogP contribution in [0.2, 0.25) is 18.1 Å². The third-order valence-electron chi connectivity index (χ3n) is 6.50. The Kier molecular flexibility index (Phi) is 12.1. The second kappa shape index (κ2) is 13.4. The normalized spacial score (nSPS) is 20.0. The lowest BCUT2D eigenvalue weighted by Crippen LogP contribution is -2.43. The van der Waals surface area contributed by atoms with Crippen molar-refractivity contribution in [3.8, 4) is 0 Å². The molecule has 0 fully saturated rings. The van der Waals surface area contributed by atoms with Crippen molar-refractivity contribution in [3.05, 3.63) is 36.0 Å². The third kappa shape index (κ3) is 9.45. The van der Waals surface area contributed by atoms with E-state index in [9.17, 15) is 4.79 Å². The largest absolute Gasteiger partial charge is 0.414 e. The van der Waals surface area contributed by atoms with Crippen LogP contribution in [0, 0.1) is 5.92 Å². The molecule has 0 bridgehead atoms. The lowest BCUT2D eigenvalue weighted by Gasteiger charge is -2.39. The van der Waals surface area contributed by atoms with Gasteiger partial charge in [0, 0.05) is 24.2 Å². The SMILES string of the molecule is CCCCC[C@@H](C/C=C1/C(=O)C=C[C@@H]1C/C=C\CCCCO)O[Si](C)(C)C(C)(C)C. The Labute approximate surface area is 186 Å². The van der Waals surface area contributed by atoms with Crippen LogP contribution in [0.3, 0.4) is 0 Å². The minimum Gasteiger partial charge on any atom is -0.414 e. The van der Waals surface area contributed by atoms with Crippen LogP contribution in [-0.2, 0) is 9.22 Å². The van der Waals surface area contributed by atoms with Crippen LogP contribution in [-0.4, -0.2) is 31.9 Å². The highest BCUT2D eigenvalue weighted by Gasteiger charge is 2.39. The van der Waals surface area contributed by atoms with Crippen molar-refractivity contribution >= 4 is 14.1 Å². The molecule has 0 spiro atoms. The number of allylic oxidation sites excluding steroid dienone is 5. The highest BCUT2D eigenvalue weighted by molar-refractivity contribution is 6.74. The Morgan fingerprint density at radius 2 is 1.90 bits per heavy atom. The summed E-state index contributed by atoms with van der Waals surface area (Å²) in [6.45, 7) is 14.0. The van der Waals surface area contributed by atoms with Gasteiger partial charge in [-0.2, -0.15) is 0 Å². The fourth-order valence-corrected chi connectivity index (χ4v) is 4.88. The molecule has 0 saturated heterocycles. The number of carbonyl (C=O) groups excluding carboxylic acids is 1. The minimum absolute atomic E-state index is 0.160. The molecule has 4 heteroatoms. The summed E-state index contributed by atoms with van der Waals surface area (Å²) in [6.07, 6.45) is 19.8. The molecule has 1 aliphatic rings. The molecule has 0 heterocycles. The summed E-state index contributed by atoms with van der Waals surface area (Å²) < 4.78 is 6.74. The van der Waals surface area contributed by atoms with E-state index in [0.717, 1.165) is 44.1 Å². The van der Waals surface area contributed by atoms with E-state index in [2.05, 4.69) is 59.0 Å². The number of rotatable bonds is 14. The maximum Gasteiger partial charge on any atom is 0.192 e. The van der Waals surface area contributed by atoms with E-state index in [0.29, 0.717) is 0 Å². The average molecular weight is 435 g/mol. The second-order valence-electron chi connectivity index (χ2n) is 10.1. The quantitative estimate of drug-likeness (QED) is 0.137. The van der Waals surface area contributed by atoms with Gasteiger partial charge < -0.3 is 9.53 Å². The van der Waals surface area contributed by atoms with Crippen molar-refractivity contribution in [2.45, 2.75) is 110 Å². The first kappa shape index (κ1) is 27.1. The van der Waals surface area contributed by atoms with Crippen molar-refractivity contribution in [1.82, 2.24) is 0 Å². The van der Waals surface area contributed by atoms with Gasteiger partial charge in [-0.1, -0.05) is 71.3 Å². The highest BCUT2D eigenvalue weighted by atomic mass is 28.4. The van der Waals surface area contributed by atoms with Gasteiger partial charge in [0.25, 0.3) is 0 Å². The van der Waals surface area contributed by atoms with Gasteiger partial charge in [0.15, 0.2) is 14.1 Å². The van der Waals surface area contributed by atoms with Crippen molar-refractivity contribution in [2.75, 3.05) is 6.61 Å². The first-order valence-electron chi connectivity index (χ1n) is 12.0. The van der Waals surface area contributed by atoms with Gasteiger partial charge in [0.1, 0.15) is 0 Å². The summed E-state index contributed by atoms with van der Waals surface area (Å²) in [5.74, 6) is 0.351. The van der Waals surface area contributed by atoms with Crippen LogP contribution in [0.5, 0.6) is 0 Å². The monoisotopic (exact) mass is 434 g/mol. The van der Waals surface area contributed by atoms with Crippen molar-refractivity contribution in [1.29, 1.82) is 0 Å². The predicted molar refractivity (Wildman–Crippen MR) is 131 cm³/mol. The van der Waals surface area contributed by atoms with Crippen molar-refractivity contribution in [3.63, 3.8) is 0 Å². The molecule has 1 N–H and O–H groups in total. The molecule has 1 rings (SSSR count). The molecule has 0 aromatic carbocycles. The summed E-state index contributed by atoms with van der Waals surface area (Å²) in [7, 11) is -1.83. The summed E-state index contributed by atoms with van der Waals surface area (Å²) in [6, 6.07) is 0. The van der Waals surface area contributed by atoms with Gasteiger partial charge in [-0.3, -0.25) is 4.79 Å². The molecule has 0 unspecified atom stereocenters. The van der Waals surface area contributed by atoms with Crippen LogP contribution < -0.4 is 0 Å². The first-order chi connectivity index (χ1) is 14.1. The zero-order chi connectivity index (χ0) is 22.6. The topological polar surface area (TPSA) is 46.5 Å². The molecule has 2 atom stereocenters. The van der Waals surface area contributed by atoms with E-state index in [4.69, 9.17) is 9.53 Å². The van der Waals surface area contributed by atoms with E-state index in [1.165, 1.54) is 19.3 Å². The standard InChI is InChI=1S/C26H46O3Si/c1-7-8-12-16-23(29-30(5,6)26(2,3)4)18-19-24-22(17-20-25(24)28)15-13-10-9-11-14-21-27/h10,13,17,19-20,22-23,27H,7-9,11-12,14-16,18,21H2,1-6H3/b13-10-,24-19+/t22-,23-/m0/s1. The Morgan fingerprint density at radius 1 is 1.17 bits per heavy atom. The predicted octanol–water partition coefficient (Wildman–Crippen LogP) is 7.14. The zero-order valence-corrected chi connectivity index (χ0v) is 21.4. The molecule has 0 radical (unpaired) electrons. The Balaban J connectivity index is 2.76. The summed E-state index contributed by atoms with van der Waals surface area (Å²) in [5.41, 5.74) is 0.939. The van der Waals surface area contributed by atoms with Gasteiger partial charge in [0.2, 0.25) is 0 Å². The summed E-state index contributed by atoms with van der Waals surface area (Å²) in [4.78, 5) is 12.4. The van der Waals surface area contributed by atoms with Crippen LogP contribution >= 0.6 is 0 Å². The molecular formula is C26H46O3Si. The zero-order valence-electron chi connectivity index (χ0n) is 20.4. The third-order valence-corrected chi connectivity index (χ3v) is 11.0. The van der Waals surface area contributed by atoms with Crippen molar-refractivity contribution in [2.24, 2.45) is 5.92 Å². The van der Waals surface area contributed by atoms with Crippen LogP contribution in [0.25, 0.3) is 0 Å². The number of hydrogen-bond acceptors (Lipinski definition) is 3. The molecule has 0 amide bonds. The number of aliphatic hydroxyl groups excluding tert-OH is 1. The van der Waals surface area contributed by atoms with E-state index < -0.39 is 8.32 Å². The fourth-order valence-electron chi connectivity index (χ4n) is 3.48. The van der Waals surface area contributed by atoms with Crippen LogP contribution in [0.15, 0.2) is 36.0 Å². The number of ketones is 1. The smallest absolute Gasteiger partial charge is 0.192 e. The highest BCUT2D eigenvalue weighted by Crippen LogP contribution is 2.38.